The molecule has 0 amide bonds. The van der Waals surface area contributed by atoms with Crippen LogP contribution in [0.5, 0.6) is 0 Å². The van der Waals surface area contributed by atoms with Gasteiger partial charge in [0, 0.05) is 5.41 Å². The minimum absolute atomic E-state index is 0. The first-order chi connectivity index (χ1) is 2.56. The van der Waals surface area contributed by atoms with Gasteiger partial charge >= 0.3 is 18.9 Å². The number of terminal acetylenes is 1. The molecule has 0 rings (SSSR count). The smallest absolute Gasteiger partial charge is 1.00 e. The van der Waals surface area contributed by atoms with E-state index in [-0.39, 0.29) is 25.7 Å². The molecule has 0 aliphatic heterocycles. The van der Waals surface area contributed by atoms with Crippen molar-refractivity contribution >= 4 is 0 Å². The minimum atomic E-state index is 0. The molecular formula is C6H11Li. The van der Waals surface area contributed by atoms with E-state index in [1.165, 1.54) is 0 Å². The van der Waals surface area contributed by atoms with Gasteiger partial charge in [0.05, 0.1) is 0 Å². The van der Waals surface area contributed by atoms with Gasteiger partial charge in [-0.3, -0.25) is 0 Å². The maximum absolute atomic E-state index is 5.06. The zero-order chi connectivity index (χ0) is 5.21. The van der Waals surface area contributed by atoms with Crippen LogP contribution in [0.4, 0.5) is 0 Å². The van der Waals surface area contributed by atoms with Gasteiger partial charge in [-0.1, -0.05) is 0 Å². The SMILES string of the molecule is C#CC(C)(C)C.[H-].[Li+]. The van der Waals surface area contributed by atoms with E-state index in [0.717, 1.165) is 0 Å². The van der Waals surface area contributed by atoms with Gasteiger partial charge in [-0.25, -0.2) is 0 Å². The second-order valence-corrected chi connectivity index (χ2v) is 2.39. The van der Waals surface area contributed by atoms with E-state index in [9.17, 15) is 0 Å². The van der Waals surface area contributed by atoms with Gasteiger partial charge in [-0.15, -0.1) is 12.3 Å². The number of rotatable bonds is 0. The van der Waals surface area contributed by atoms with Crippen LogP contribution in [0.2, 0.25) is 0 Å². The normalized spacial score (nSPS) is 8.86. The monoisotopic (exact) mass is 90.1 g/mol. The van der Waals surface area contributed by atoms with Gasteiger partial charge in [0.2, 0.25) is 0 Å². The van der Waals surface area contributed by atoms with Crippen LogP contribution in [-0.4, -0.2) is 0 Å². The fourth-order valence-corrected chi connectivity index (χ4v) is 0. The van der Waals surface area contributed by atoms with E-state index >= 15 is 0 Å². The summed E-state index contributed by atoms with van der Waals surface area (Å²) in [6.45, 7) is 6.02. The molecule has 0 aliphatic rings. The Morgan fingerprint density at radius 3 is 1.57 bits per heavy atom. The molecule has 0 heterocycles. The second-order valence-electron chi connectivity index (χ2n) is 2.39. The van der Waals surface area contributed by atoms with E-state index < -0.39 is 0 Å². The van der Waals surface area contributed by atoms with Crippen molar-refractivity contribution in [2.24, 2.45) is 5.41 Å². The van der Waals surface area contributed by atoms with Crippen molar-refractivity contribution in [2.75, 3.05) is 0 Å². The molecule has 0 saturated carbocycles. The van der Waals surface area contributed by atoms with Gasteiger partial charge in [0.25, 0.3) is 0 Å². The third kappa shape index (κ3) is 10.7. The fourth-order valence-electron chi connectivity index (χ4n) is 0. The molecule has 7 heavy (non-hydrogen) atoms. The van der Waals surface area contributed by atoms with Crippen molar-refractivity contribution in [1.29, 1.82) is 0 Å². The van der Waals surface area contributed by atoms with Crippen LogP contribution in [0, 0.1) is 17.8 Å². The molecule has 0 spiro atoms. The van der Waals surface area contributed by atoms with E-state index in [1.807, 2.05) is 20.8 Å². The summed E-state index contributed by atoms with van der Waals surface area (Å²) in [5, 5.41) is 0. The third-order valence-corrected chi connectivity index (χ3v) is 0.433. The molecule has 0 unspecified atom stereocenters. The average molecular weight is 90.1 g/mol. The molecule has 0 atom stereocenters. The quantitative estimate of drug-likeness (QED) is 0.258. The fraction of sp³-hybridized carbons (Fsp3) is 0.667. The zero-order valence-corrected chi connectivity index (χ0v) is 5.58. The van der Waals surface area contributed by atoms with Gasteiger partial charge in [0.1, 0.15) is 0 Å². The van der Waals surface area contributed by atoms with E-state index in [0.29, 0.717) is 0 Å². The Hall–Kier alpha value is 0.157. The van der Waals surface area contributed by atoms with Crippen molar-refractivity contribution in [3.05, 3.63) is 0 Å². The Labute approximate surface area is 59.3 Å². The number of hydrogen-bond acceptors (Lipinski definition) is 0. The predicted octanol–water partition coefficient (Wildman–Crippen LogP) is -1.22. The first-order valence-corrected chi connectivity index (χ1v) is 2.04. The van der Waals surface area contributed by atoms with Crippen molar-refractivity contribution in [3.8, 4) is 12.3 Å². The summed E-state index contributed by atoms with van der Waals surface area (Å²) >= 11 is 0. The topological polar surface area (TPSA) is 0 Å². The summed E-state index contributed by atoms with van der Waals surface area (Å²) in [6.07, 6.45) is 5.06. The summed E-state index contributed by atoms with van der Waals surface area (Å²) in [5.74, 6) is 2.60. The Kier molecular flexibility index (Phi) is 4.66. The summed E-state index contributed by atoms with van der Waals surface area (Å²) in [5.41, 5.74) is 0.0694. The van der Waals surface area contributed by atoms with Gasteiger partial charge in [0.15, 0.2) is 0 Å². The van der Waals surface area contributed by atoms with Crippen LogP contribution in [0.1, 0.15) is 22.2 Å². The first kappa shape index (κ1) is 10.2. The standard InChI is InChI=1S/C6H10.Li.H/c1-5-6(2,3)4;;/h1H,2-4H3;;/q;+1;-1. The molecule has 0 fully saturated rings. The maximum Gasteiger partial charge on any atom is 1.00 e. The summed E-state index contributed by atoms with van der Waals surface area (Å²) in [4.78, 5) is 0. The van der Waals surface area contributed by atoms with Gasteiger partial charge in [-0.05, 0) is 20.8 Å². The predicted molar refractivity (Wildman–Crippen MR) is 29.4 cm³/mol. The molecule has 36 valence electrons. The van der Waals surface area contributed by atoms with E-state index in [4.69, 9.17) is 6.42 Å². The summed E-state index contributed by atoms with van der Waals surface area (Å²) < 4.78 is 0. The molecule has 0 saturated heterocycles. The number of hydrogen-bond donors (Lipinski definition) is 0. The van der Waals surface area contributed by atoms with Crippen LogP contribution in [0.3, 0.4) is 0 Å². The Morgan fingerprint density at radius 2 is 1.57 bits per heavy atom. The molecule has 0 nitrogen and oxygen atoms in total. The van der Waals surface area contributed by atoms with Crippen LogP contribution in [0.25, 0.3) is 0 Å². The van der Waals surface area contributed by atoms with Gasteiger partial charge in [-0.2, -0.15) is 0 Å². The maximum atomic E-state index is 5.06. The third-order valence-electron chi connectivity index (χ3n) is 0.433. The molecule has 0 bridgehead atoms. The van der Waals surface area contributed by atoms with Crippen molar-refractivity contribution < 1.29 is 20.3 Å². The minimum Gasteiger partial charge on any atom is -1.00 e. The summed E-state index contributed by atoms with van der Waals surface area (Å²) in [6, 6.07) is 0. The molecule has 0 aromatic heterocycles. The molecule has 0 aliphatic carbocycles. The largest absolute Gasteiger partial charge is 1.00 e. The average Bonchev–Trinajstić information content (AvgIpc) is 1.35. The second kappa shape index (κ2) is 3.20. The van der Waals surface area contributed by atoms with E-state index in [1.54, 1.807) is 0 Å². The molecule has 0 radical (unpaired) electrons. The molecule has 0 N–H and O–H groups in total. The Bertz CT molecular complexity index is 75.5. The van der Waals surface area contributed by atoms with Crippen LogP contribution >= 0.6 is 0 Å². The molecule has 0 aromatic carbocycles. The molecule has 0 aromatic rings. The van der Waals surface area contributed by atoms with Crippen molar-refractivity contribution in [1.82, 2.24) is 0 Å². The van der Waals surface area contributed by atoms with Crippen molar-refractivity contribution in [3.63, 3.8) is 0 Å². The molecule has 1 heteroatoms. The Balaban J connectivity index is -0.000000125. The molecular weight excluding hydrogens is 79.0 g/mol. The van der Waals surface area contributed by atoms with Crippen molar-refractivity contribution in [2.45, 2.75) is 20.8 Å². The van der Waals surface area contributed by atoms with Crippen LogP contribution in [0.15, 0.2) is 0 Å². The Morgan fingerprint density at radius 1 is 1.43 bits per heavy atom. The zero-order valence-electron chi connectivity index (χ0n) is 6.58. The van der Waals surface area contributed by atoms with E-state index in [2.05, 4.69) is 5.92 Å². The van der Waals surface area contributed by atoms with Crippen LogP contribution in [-0.2, 0) is 0 Å². The van der Waals surface area contributed by atoms with Gasteiger partial charge < -0.3 is 1.43 Å². The van der Waals surface area contributed by atoms with Crippen LogP contribution < -0.4 is 18.9 Å². The first-order valence-electron chi connectivity index (χ1n) is 2.04. The summed E-state index contributed by atoms with van der Waals surface area (Å²) in [7, 11) is 0.